The maximum Gasteiger partial charge on any atom is 0.0460 e. The molecule has 4 heteroatoms. The lowest BCUT2D eigenvalue weighted by Gasteiger charge is -2.31. The monoisotopic (exact) mass is 305 g/mol. The van der Waals surface area contributed by atoms with Gasteiger partial charge in [-0.2, -0.15) is 11.8 Å². The van der Waals surface area contributed by atoms with Crippen LogP contribution in [0.1, 0.15) is 24.1 Å². The standard InChI is InChI=1S/C11H13BrClNS/c1-6-11(14-2)8-3-7(12)4-10(13)9(8)5-15-6/h3-4,6,11,14H,5H2,1-2H3. The highest BCUT2D eigenvalue weighted by Crippen LogP contribution is 2.41. The van der Waals surface area contributed by atoms with Crippen LogP contribution in [0, 0.1) is 0 Å². The van der Waals surface area contributed by atoms with Gasteiger partial charge in [-0.25, -0.2) is 0 Å². The van der Waals surface area contributed by atoms with Crippen molar-refractivity contribution in [2.24, 2.45) is 0 Å². The molecule has 0 saturated carbocycles. The van der Waals surface area contributed by atoms with E-state index in [2.05, 4.69) is 34.2 Å². The van der Waals surface area contributed by atoms with Crippen LogP contribution >= 0.6 is 39.3 Å². The van der Waals surface area contributed by atoms with Crippen LogP contribution in [0.5, 0.6) is 0 Å². The normalized spacial score (nSPS) is 25.1. The quantitative estimate of drug-likeness (QED) is 0.841. The Labute approximate surface area is 108 Å². The molecule has 0 fully saturated rings. The van der Waals surface area contributed by atoms with E-state index in [0.717, 1.165) is 15.2 Å². The molecule has 1 aromatic carbocycles. The minimum Gasteiger partial charge on any atom is -0.312 e. The molecule has 2 unspecified atom stereocenters. The fourth-order valence-corrected chi connectivity index (χ4v) is 4.21. The number of benzene rings is 1. The van der Waals surface area contributed by atoms with Crippen molar-refractivity contribution in [2.75, 3.05) is 7.05 Å². The van der Waals surface area contributed by atoms with E-state index in [1.807, 2.05) is 24.9 Å². The summed E-state index contributed by atoms with van der Waals surface area (Å²) >= 11 is 11.7. The summed E-state index contributed by atoms with van der Waals surface area (Å²) in [5.74, 6) is 1.01. The van der Waals surface area contributed by atoms with Crippen molar-refractivity contribution >= 4 is 39.3 Å². The molecule has 0 amide bonds. The van der Waals surface area contributed by atoms with Crippen LogP contribution in [0.3, 0.4) is 0 Å². The third-order valence-corrected chi connectivity index (χ3v) is 4.85. The van der Waals surface area contributed by atoms with E-state index < -0.39 is 0 Å². The zero-order valence-electron chi connectivity index (χ0n) is 8.68. The summed E-state index contributed by atoms with van der Waals surface area (Å²) in [4.78, 5) is 0. The van der Waals surface area contributed by atoms with Gasteiger partial charge in [-0.15, -0.1) is 0 Å². The lowest BCUT2D eigenvalue weighted by molar-refractivity contribution is 0.579. The van der Waals surface area contributed by atoms with Crippen LogP contribution in [-0.4, -0.2) is 12.3 Å². The molecule has 0 radical (unpaired) electrons. The number of halogens is 2. The van der Waals surface area contributed by atoms with E-state index >= 15 is 0 Å². The zero-order chi connectivity index (χ0) is 11.0. The number of rotatable bonds is 1. The highest BCUT2D eigenvalue weighted by molar-refractivity contribution is 9.10. The first kappa shape index (κ1) is 11.8. The number of hydrogen-bond acceptors (Lipinski definition) is 2. The topological polar surface area (TPSA) is 12.0 Å². The van der Waals surface area contributed by atoms with E-state index in [9.17, 15) is 0 Å². The van der Waals surface area contributed by atoms with Crippen LogP contribution in [-0.2, 0) is 5.75 Å². The lowest BCUT2D eigenvalue weighted by Crippen LogP contribution is -2.29. The summed E-state index contributed by atoms with van der Waals surface area (Å²) in [5, 5.41) is 4.83. The Bertz CT molecular complexity index is 383. The Balaban J connectivity index is 2.52. The van der Waals surface area contributed by atoms with Crippen molar-refractivity contribution in [3.8, 4) is 0 Å². The van der Waals surface area contributed by atoms with E-state index in [1.165, 1.54) is 11.1 Å². The van der Waals surface area contributed by atoms with Gasteiger partial charge in [0.1, 0.15) is 0 Å². The molecule has 0 spiro atoms. The van der Waals surface area contributed by atoms with Crippen LogP contribution < -0.4 is 5.32 Å². The zero-order valence-corrected chi connectivity index (χ0v) is 11.8. The third-order valence-electron chi connectivity index (χ3n) is 2.80. The van der Waals surface area contributed by atoms with E-state index in [-0.39, 0.29) is 0 Å². The van der Waals surface area contributed by atoms with Crippen molar-refractivity contribution in [3.63, 3.8) is 0 Å². The molecule has 1 aliphatic rings. The van der Waals surface area contributed by atoms with Crippen molar-refractivity contribution in [2.45, 2.75) is 24.0 Å². The van der Waals surface area contributed by atoms with Crippen molar-refractivity contribution < 1.29 is 0 Å². The Kier molecular flexibility index (Phi) is 3.66. The maximum absolute atomic E-state index is 6.25. The van der Waals surface area contributed by atoms with Gasteiger partial charge in [0.15, 0.2) is 0 Å². The van der Waals surface area contributed by atoms with Crippen LogP contribution in [0.4, 0.5) is 0 Å². The summed E-state index contributed by atoms with van der Waals surface area (Å²) in [6, 6.07) is 4.55. The molecule has 0 aliphatic carbocycles. The molecule has 1 heterocycles. The highest BCUT2D eigenvalue weighted by atomic mass is 79.9. The first-order valence-corrected chi connectivity index (χ1v) is 7.12. The van der Waals surface area contributed by atoms with Gasteiger partial charge in [-0.05, 0) is 30.3 Å². The molecule has 0 bridgehead atoms. The fraction of sp³-hybridized carbons (Fsp3) is 0.455. The van der Waals surface area contributed by atoms with Crippen LogP contribution in [0.2, 0.25) is 5.02 Å². The summed E-state index contributed by atoms with van der Waals surface area (Å²) in [5.41, 5.74) is 2.62. The molecule has 0 saturated heterocycles. The molecule has 15 heavy (non-hydrogen) atoms. The number of hydrogen-bond donors (Lipinski definition) is 1. The molecule has 0 aromatic heterocycles. The second kappa shape index (κ2) is 4.66. The molecule has 82 valence electrons. The second-order valence-electron chi connectivity index (χ2n) is 3.74. The van der Waals surface area contributed by atoms with E-state index in [4.69, 9.17) is 11.6 Å². The van der Waals surface area contributed by atoms with Crippen LogP contribution in [0.25, 0.3) is 0 Å². The number of thioether (sulfide) groups is 1. The maximum atomic E-state index is 6.25. The summed E-state index contributed by atoms with van der Waals surface area (Å²) in [6.07, 6.45) is 0. The predicted octanol–water partition coefficient (Wildman–Crippen LogP) is 4.00. The molecule has 1 aromatic rings. The third kappa shape index (κ3) is 2.21. The molecule has 2 atom stereocenters. The Morgan fingerprint density at radius 3 is 2.93 bits per heavy atom. The summed E-state index contributed by atoms with van der Waals surface area (Å²) < 4.78 is 1.06. The van der Waals surface area contributed by atoms with Gasteiger partial charge in [0.05, 0.1) is 0 Å². The first-order chi connectivity index (χ1) is 7.13. The average Bonchev–Trinajstić information content (AvgIpc) is 2.17. The SMILES string of the molecule is CNC1c2cc(Br)cc(Cl)c2CSC1C. The summed E-state index contributed by atoms with van der Waals surface area (Å²) in [7, 11) is 2.01. The minimum absolute atomic E-state index is 0.397. The Morgan fingerprint density at radius 1 is 1.53 bits per heavy atom. The van der Waals surface area contributed by atoms with Crippen LogP contribution in [0.15, 0.2) is 16.6 Å². The van der Waals surface area contributed by atoms with Gasteiger partial charge in [0.25, 0.3) is 0 Å². The highest BCUT2D eigenvalue weighted by Gasteiger charge is 2.27. The van der Waals surface area contributed by atoms with Gasteiger partial charge in [0.2, 0.25) is 0 Å². The lowest BCUT2D eigenvalue weighted by atomic mass is 9.98. The average molecular weight is 307 g/mol. The molecule has 1 N–H and O–H groups in total. The molecular weight excluding hydrogens is 294 g/mol. The molecule has 1 aliphatic heterocycles. The van der Waals surface area contributed by atoms with Gasteiger partial charge in [-0.1, -0.05) is 34.5 Å². The Hall–Kier alpha value is 0.300. The fourth-order valence-electron chi connectivity index (χ4n) is 2.01. The second-order valence-corrected chi connectivity index (χ2v) is 6.43. The number of fused-ring (bicyclic) bond motifs is 1. The molecular formula is C11H13BrClNS. The van der Waals surface area contributed by atoms with Gasteiger partial charge in [-0.3, -0.25) is 0 Å². The summed E-state index contributed by atoms with van der Waals surface area (Å²) in [6.45, 7) is 2.25. The molecule has 1 nitrogen and oxygen atoms in total. The van der Waals surface area contributed by atoms with Crippen molar-refractivity contribution in [1.82, 2.24) is 5.32 Å². The van der Waals surface area contributed by atoms with E-state index in [1.54, 1.807) is 0 Å². The van der Waals surface area contributed by atoms with Crippen molar-refractivity contribution in [3.05, 3.63) is 32.8 Å². The Morgan fingerprint density at radius 2 is 2.27 bits per heavy atom. The first-order valence-electron chi connectivity index (χ1n) is 4.90. The van der Waals surface area contributed by atoms with Crippen molar-refractivity contribution in [1.29, 1.82) is 0 Å². The smallest absolute Gasteiger partial charge is 0.0460 e. The molecule has 2 rings (SSSR count). The van der Waals surface area contributed by atoms with E-state index in [0.29, 0.717) is 11.3 Å². The largest absolute Gasteiger partial charge is 0.312 e. The van der Waals surface area contributed by atoms with Gasteiger partial charge < -0.3 is 5.32 Å². The van der Waals surface area contributed by atoms with Gasteiger partial charge >= 0.3 is 0 Å². The number of nitrogens with one attached hydrogen (secondary N) is 1. The minimum atomic E-state index is 0.397. The van der Waals surface area contributed by atoms with Gasteiger partial charge in [0, 0.05) is 26.5 Å². The predicted molar refractivity (Wildman–Crippen MR) is 71.7 cm³/mol.